The number of hydrogen-bond acceptors (Lipinski definition) is 1. The predicted octanol–water partition coefficient (Wildman–Crippen LogP) is 4.83. The molecular formula is C13H17BrF3N. The molecular weight excluding hydrogens is 307 g/mol. The number of hydrogen-bond donors (Lipinski definition) is 1. The molecule has 1 N–H and O–H groups in total. The highest BCUT2D eigenvalue weighted by Gasteiger charge is 2.28. The molecule has 1 aromatic rings. The van der Waals surface area contributed by atoms with Gasteiger partial charge in [0.25, 0.3) is 0 Å². The summed E-state index contributed by atoms with van der Waals surface area (Å²) in [6.45, 7) is 2.72. The molecule has 0 saturated heterocycles. The molecule has 0 bridgehead atoms. The third kappa shape index (κ3) is 5.87. The van der Waals surface area contributed by atoms with Gasteiger partial charge < -0.3 is 5.32 Å². The molecule has 1 nitrogen and oxygen atoms in total. The van der Waals surface area contributed by atoms with E-state index >= 15 is 0 Å². The van der Waals surface area contributed by atoms with E-state index in [0.717, 1.165) is 23.0 Å². The van der Waals surface area contributed by atoms with Crippen LogP contribution in [0.25, 0.3) is 0 Å². The third-order valence-corrected chi connectivity index (χ3v) is 3.16. The molecule has 0 heterocycles. The molecule has 0 aliphatic carbocycles. The standard InChI is InChI=1S/C13H17BrF3N/c1-2-9-18-12(7-8-13(15,16)17)10-3-5-11(14)6-4-10/h3-6,12,18H,2,7-9H2,1H3. The van der Waals surface area contributed by atoms with E-state index < -0.39 is 12.6 Å². The van der Waals surface area contributed by atoms with Crippen molar-refractivity contribution in [2.24, 2.45) is 0 Å². The Kier molecular flexibility index (Phi) is 6.15. The van der Waals surface area contributed by atoms with E-state index in [0.29, 0.717) is 0 Å². The molecule has 0 amide bonds. The topological polar surface area (TPSA) is 12.0 Å². The Labute approximate surface area is 114 Å². The quantitative estimate of drug-likeness (QED) is 0.790. The lowest BCUT2D eigenvalue weighted by atomic mass is 10.0. The van der Waals surface area contributed by atoms with Gasteiger partial charge >= 0.3 is 6.18 Å². The van der Waals surface area contributed by atoms with Crippen LogP contribution in [0.3, 0.4) is 0 Å². The highest BCUT2D eigenvalue weighted by Crippen LogP contribution is 2.28. The van der Waals surface area contributed by atoms with Crippen LogP contribution in [0, 0.1) is 0 Å². The Morgan fingerprint density at radius 3 is 2.33 bits per heavy atom. The van der Waals surface area contributed by atoms with Gasteiger partial charge in [0, 0.05) is 16.9 Å². The summed E-state index contributed by atoms with van der Waals surface area (Å²) in [7, 11) is 0. The first-order chi connectivity index (χ1) is 8.42. The van der Waals surface area contributed by atoms with Crippen LogP contribution in [0.4, 0.5) is 13.2 Å². The monoisotopic (exact) mass is 323 g/mol. The molecule has 102 valence electrons. The summed E-state index contributed by atoms with van der Waals surface area (Å²) in [6, 6.07) is 7.17. The van der Waals surface area contributed by atoms with Crippen molar-refractivity contribution in [3.63, 3.8) is 0 Å². The maximum atomic E-state index is 12.3. The number of halogens is 4. The first-order valence-electron chi connectivity index (χ1n) is 5.98. The van der Waals surface area contributed by atoms with E-state index in [1.807, 2.05) is 31.2 Å². The van der Waals surface area contributed by atoms with Crippen LogP contribution in [-0.2, 0) is 0 Å². The highest BCUT2D eigenvalue weighted by atomic mass is 79.9. The largest absolute Gasteiger partial charge is 0.389 e. The van der Waals surface area contributed by atoms with Crippen molar-refractivity contribution >= 4 is 15.9 Å². The van der Waals surface area contributed by atoms with E-state index in [1.165, 1.54) is 0 Å². The fourth-order valence-electron chi connectivity index (χ4n) is 1.71. The smallest absolute Gasteiger partial charge is 0.310 e. The van der Waals surface area contributed by atoms with Crippen LogP contribution in [-0.4, -0.2) is 12.7 Å². The van der Waals surface area contributed by atoms with Crippen molar-refractivity contribution < 1.29 is 13.2 Å². The normalized spacial score (nSPS) is 13.6. The first kappa shape index (κ1) is 15.5. The van der Waals surface area contributed by atoms with Crippen molar-refractivity contribution in [2.75, 3.05) is 6.54 Å². The van der Waals surface area contributed by atoms with Gasteiger partial charge in [-0.1, -0.05) is 35.0 Å². The van der Waals surface area contributed by atoms with Crippen LogP contribution < -0.4 is 5.32 Å². The zero-order valence-electron chi connectivity index (χ0n) is 10.2. The molecule has 0 aliphatic rings. The maximum absolute atomic E-state index is 12.3. The molecule has 0 radical (unpaired) electrons. The number of benzene rings is 1. The fraction of sp³-hybridized carbons (Fsp3) is 0.538. The van der Waals surface area contributed by atoms with Gasteiger partial charge in [0.1, 0.15) is 0 Å². The van der Waals surface area contributed by atoms with Gasteiger partial charge in [-0.15, -0.1) is 0 Å². The average molecular weight is 324 g/mol. The molecule has 0 spiro atoms. The minimum atomic E-state index is -4.10. The van der Waals surface area contributed by atoms with Crippen molar-refractivity contribution in [3.05, 3.63) is 34.3 Å². The van der Waals surface area contributed by atoms with Crippen molar-refractivity contribution in [1.82, 2.24) is 5.32 Å². The molecule has 18 heavy (non-hydrogen) atoms. The Morgan fingerprint density at radius 2 is 1.83 bits per heavy atom. The van der Waals surface area contributed by atoms with Crippen LogP contribution in [0.5, 0.6) is 0 Å². The highest BCUT2D eigenvalue weighted by molar-refractivity contribution is 9.10. The molecule has 1 rings (SSSR count). The van der Waals surface area contributed by atoms with Gasteiger partial charge in [-0.2, -0.15) is 13.2 Å². The second kappa shape index (κ2) is 7.14. The van der Waals surface area contributed by atoms with E-state index in [1.54, 1.807) is 0 Å². The second-order valence-electron chi connectivity index (χ2n) is 4.21. The lowest BCUT2D eigenvalue weighted by Crippen LogP contribution is -2.24. The Bertz CT molecular complexity index is 348. The van der Waals surface area contributed by atoms with E-state index in [-0.39, 0.29) is 12.5 Å². The number of rotatable bonds is 6. The summed E-state index contributed by atoms with van der Waals surface area (Å²) >= 11 is 3.32. The van der Waals surface area contributed by atoms with Crippen LogP contribution in [0.2, 0.25) is 0 Å². The summed E-state index contributed by atoms with van der Waals surface area (Å²) in [5.41, 5.74) is 0.899. The predicted molar refractivity (Wildman–Crippen MR) is 70.5 cm³/mol. The molecule has 5 heteroatoms. The Morgan fingerprint density at radius 1 is 1.22 bits per heavy atom. The second-order valence-corrected chi connectivity index (χ2v) is 5.13. The van der Waals surface area contributed by atoms with Crippen molar-refractivity contribution in [1.29, 1.82) is 0 Å². The molecule has 0 aliphatic heterocycles. The minimum absolute atomic E-state index is 0.0745. The Balaban J connectivity index is 2.68. The van der Waals surface area contributed by atoms with E-state index in [4.69, 9.17) is 0 Å². The van der Waals surface area contributed by atoms with Crippen molar-refractivity contribution in [2.45, 2.75) is 38.4 Å². The zero-order chi connectivity index (χ0) is 13.6. The van der Waals surface area contributed by atoms with Gasteiger partial charge in [-0.05, 0) is 37.1 Å². The van der Waals surface area contributed by atoms with Gasteiger partial charge in [-0.25, -0.2) is 0 Å². The summed E-state index contributed by atoms with van der Waals surface area (Å²) in [5.74, 6) is 0. The van der Waals surface area contributed by atoms with Crippen LogP contribution in [0.15, 0.2) is 28.7 Å². The van der Waals surface area contributed by atoms with E-state index in [9.17, 15) is 13.2 Å². The van der Waals surface area contributed by atoms with E-state index in [2.05, 4.69) is 21.2 Å². The average Bonchev–Trinajstić information content (AvgIpc) is 2.29. The zero-order valence-corrected chi connectivity index (χ0v) is 11.8. The molecule has 0 fully saturated rings. The van der Waals surface area contributed by atoms with Gasteiger partial charge in [0.15, 0.2) is 0 Å². The number of nitrogens with one attached hydrogen (secondary N) is 1. The molecule has 0 saturated carbocycles. The van der Waals surface area contributed by atoms with Crippen LogP contribution >= 0.6 is 15.9 Å². The molecule has 1 atom stereocenters. The molecule has 1 unspecified atom stereocenters. The Hall–Kier alpha value is -0.550. The summed E-state index contributed by atoms with van der Waals surface area (Å²) in [5, 5.41) is 3.16. The van der Waals surface area contributed by atoms with Crippen LogP contribution in [0.1, 0.15) is 37.8 Å². The lowest BCUT2D eigenvalue weighted by Gasteiger charge is -2.20. The summed E-state index contributed by atoms with van der Waals surface area (Å²) in [6.07, 6.45) is -3.88. The summed E-state index contributed by atoms with van der Waals surface area (Å²) in [4.78, 5) is 0. The minimum Gasteiger partial charge on any atom is -0.310 e. The van der Waals surface area contributed by atoms with Gasteiger partial charge in [0.05, 0.1) is 0 Å². The first-order valence-corrected chi connectivity index (χ1v) is 6.77. The van der Waals surface area contributed by atoms with Gasteiger partial charge in [-0.3, -0.25) is 0 Å². The fourth-order valence-corrected chi connectivity index (χ4v) is 1.97. The third-order valence-electron chi connectivity index (χ3n) is 2.63. The lowest BCUT2D eigenvalue weighted by molar-refractivity contribution is -0.136. The summed E-state index contributed by atoms with van der Waals surface area (Å²) < 4.78 is 37.8. The van der Waals surface area contributed by atoms with Gasteiger partial charge in [0.2, 0.25) is 0 Å². The molecule has 0 aromatic heterocycles. The van der Waals surface area contributed by atoms with Crippen molar-refractivity contribution in [3.8, 4) is 0 Å². The molecule has 1 aromatic carbocycles. The maximum Gasteiger partial charge on any atom is 0.389 e. The number of alkyl halides is 3. The SMILES string of the molecule is CCCNC(CCC(F)(F)F)c1ccc(Br)cc1.